The summed E-state index contributed by atoms with van der Waals surface area (Å²) in [5, 5.41) is 9.96. The summed E-state index contributed by atoms with van der Waals surface area (Å²) in [4.78, 5) is 16.7. The van der Waals surface area contributed by atoms with Crippen molar-refractivity contribution in [3.05, 3.63) is 16.1 Å². The van der Waals surface area contributed by atoms with Crippen LogP contribution in [0.5, 0.6) is 0 Å². The number of nitrogens with zero attached hydrogens (tertiary/aromatic N) is 1. The number of nitrogens with one attached hydrogen (secondary N) is 2. The Morgan fingerprint density at radius 1 is 1.33 bits per heavy atom. The maximum atomic E-state index is 12.2. The zero-order valence-corrected chi connectivity index (χ0v) is 16.7. The van der Waals surface area contributed by atoms with E-state index in [2.05, 4.69) is 21.0 Å². The van der Waals surface area contributed by atoms with E-state index in [1.165, 1.54) is 30.7 Å². The summed E-state index contributed by atoms with van der Waals surface area (Å²) in [5.74, 6) is 0.942. The van der Waals surface area contributed by atoms with Gasteiger partial charge in [0.05, 0.1) is 11.0 Å². The van der Waals surface area contributed by atoms with E-state index >= 15 is 0 Å². The second-order valence-electron chi connectivity index (χ2n) is 6.74. The molecule has 1 saturated heterocycles. The molecule has 1 aromatic rings. The van der Waals surface area contributed by atoms with Crippen molar-refractivity contribution in [1.82, 2.24) is 15.6 Å². The van der Waals surface area contributed by atoms with Crippen molar-refractivity contribution in [2.45, 2.75) is 70.4 Å². The summed E-state index contributed by atoms with van der Waals surface area (Å²) < 4.78 is 0. The number of carbonyl (C=O) groups excluding carboxylic acids is 1. The molecular formula is C17H29Cl2N3OS. The number of fused-ring (bicyclic) bond motifs is 1. The van der Waals surface area contributed by atoms with Crippen LogP contribution in [0.4, 0.5) is 0 Å². The van der Waals surface area contributed by atoms with Crippen molar-refractivity contribution in [1.29, 1.82) is 0 Å². The van der Waals surface area contributed by atoms with Gasteiger partial charge < -0.3 is 10.6 Å². The van der Waals surface area contributed by atoms with E-state index < -0.39 is 0 Å². The lowest BCUT2D eigenvalue weighted by Crippen LogP contribution is -2.43. The van der Waals surface area contributed by atoms with Crippen LogP contribution in [0.15, 0.2) is 5.38 Å². The van der Waals surface area contributed by atoms with Gasteiger partial charge in [-0.15, -0.1) is 36.2 Å². The number of amides is 1. The van der Waals surface area contributed by atoms with Gasteiger partial charge in [-0.3, -0.25) is 4.79 Å². The Bertz CT molecular complexity index is 498. The van der Waals surface area contributed by atoms with Crippen molar-refractivity contribution in [3.8, 4) is 0 Å². The molecular weight excluding hydrogens is 365 g/mol. The molecule has 4 nitrogen and oxygen atoms in total. The molecule has 1 amide bonds. The highest BCUT2D eigenvalue weighted by Crippen LogP contribution is 2.33. The normalized spacial score (nSPS) is 25.3. The van der Waals surface area contributed by atoms with Crippen LogP contribution in [-0.2, 0) is 11.2 Å². The largest absolute Gasteiger partial charge is 0.355 e. The van der Waals surface area contributed by atoms with Gasteiger partial charge in [0.2, 0.25) is 5.91 Å². The Balaban J connectivity index is 0.00000144. The van der Waals surface area contributed by atoms with Crippen LogP contribution < -0.4 is 10.6 Å². The quantitative estimate of drug-likeness (QED) is 0.724. The third-order valence-electron chi connectivity index (χ3n) is 4.96. The predicted octanol–water partition coefficient (Wildman–Crippen LogP) is 3.65. The molecule has 1 aliphatic carbocycles. The average molecular weight is 394 g/mol. The van der Waals surface area contributed by atoms with E-state index in [1.807, 2.05) is 6.92 Å². The summed E-state index contributed by atoms with van der Waals surface area (Å²) >= 11 is 1.74. The Labute approximate surface area is 161 Å². The highest BCUT2D eigenvalue weighted by molar-refractivity contribution is 7.09. The number of hydrogen-bond donors (Lipinski definition) is 2. The fraction of sp³-hybridized carbons (Fsp3) is 0.765. The van der Waals surface area contributed by atoms with Crippen molar-refractivity contribution in [3.63, 3.8) is 0 Å². The van der Waals surface area contributed by atoms with Crippen LogP contribution in [0.1, 0.15) is 55.6 Å². The van der Waals surface area contributed by atoms with Gasteiger partial charge in [-0.25, -0.2) is 4.98 Å². The average Bonchev–Trinajstić information content (AvgIpc) is 3.12. The minimum absolute atomic E-state index is 0. The Hall–Kier alpha value is -0.360. The molecule has 3 rings (SSSR count). The molecule has 1 aliphatic heterocycles. The third-order valence-corrected chi connectivity index (χ3v) is 5.99. The molecule has 2 fully saturated rings. The summed E-state index contributed by atoms with van der Waals surface area (Å²) in [5.41, 5.74) is 1.11. The summed E-state index contributed by atoms with van der Waals surface area (Å²) in [7, 11) is 0. The Kier molecular flexibility index (Phi) is 9.57. The van der Waals surface area contributed by atoms with E-state index in [-0.39, 0.29) is 36.8 Å². The summed E-state index contributed by atoms with van der Waals surface area (Å²) in [6.07, 6.45) is 9.40. The topological polar surface area (TPSA) is 54.0 Å². The molecule has 138 valence electrons. The molecule has 3 unspecified atom stereocenters. The number of halogens is 2. The molecule has 2 heterocycles. The van der Waals surface area contributed by atoms with Crippen molar-refractivity contribution < 1.29 is 4.79 Å². The molecule has 0 bridgehead atoms. The number of aryl methyl sites for hydroxylation is 2. The standard InChI is InChI=1S/C17H27N3OS.2ClH/c1-12-11-22-16(19-12)8-4-5-9-18-17(21)15-10-13-6-2-3-7-14(13)20-15;;/h11,13-15,20H,2-10H2,1H3,(H,18,21);2*1H. The van der Waals surface area contributed by atoms with E-state index in [0.717, 1.165) is 43.8 Å². The van der Waals surface area contributed by atoms with Crippen LogP contribution in [0, 0.1) is 12.8 Å². The first kappa shape index (κ1) is 21.7. The minimum Gasteiger partial charge on any atom is -0.355 e. The van der Waals surface area contributed by atoms with Crippen molar-refractivity contribution in [2.75, 3.05) is 6.54 Å². The monoisotopic (exact) mass is 393 g/mol. The lowest BCUT2D eigenvalue weighted by atomic mass is 9.85. The van der Waals surface area contributed by atoms with Gasteiger partial charge in [0, 0.05) is 23.7 Å². The molecule has 24 heavy (non-hydrogen) atoms. The fourth-order valence-electron chi connectivity index (χ4n) is 3.77. The number of unbranched alkanes of at least 4 members (excludes halogenated alkanes) is 1. The maximum absolute atomic E-state index is 12.2. The molecule has 3 atom stereocenters. The van der Waals surface area contributed by atoms with E-state index in [9.17, 15) is 4.79 Å². The van der Waals surface area contributed by atoms with Crippen molar-refractivity contribution in [2.24, 2.45) is 5.92 Å². The zero-order valence-electron chi connectivity index (χ0n) is 14.3. The lowest BCUT2D eigenvalue weighted by molar-refractivity contribution is -0.122. The Morgan fingerprint density at radius 3 is 2.83 bits per heavy atom. The molecule has 2 aliphatic rings. The maximum Gasteiger partial charge on any atom is 0.237 e. The Morgan fingerprint density at radius 2 is 2.12 bits per heavy atom. The zero-order chi connectivity index (χ0) is 15.4. The molecule has 0 spiro atoms. The predicted molar refractivity (Wildman–Crippen MR) is 105 cm³/mol. The minimum atomic E-state index is 0. The molecule has 1 aromatic heterocycles. The highest BCUT2D eigenvalue weighted by atomic mass is 35.5. The lowest BCUT2D eigenvalue weighted by Gasteiger charge is -2.24. The number of hydrogen-bond acceptors (Lipinski definition) is 4. The van der Waals surface area contributed by atoms with Crippen LogP contribution in [-0.4, -0.2) is 29.5 Å². The van der Waals surface area contributed by atoms with Gasteiger partial charge in [0.25, 0.3) is 0 Å². The summed E-state index contributed by atoms with van der Waals surface area (Å²) in [6, 6.07) is 0.646. The molecule has 0 radical (unpaired) electrons. The second kappa shape index (κ2) is 10.6. The first-order chi connectivity index (χ1) is 10.7. The van der Waals surface area contributed by atoms with Crippen molar-refractivity contribution >= 4 is 42.1 Å². The number of aromatic nitrogens is 1. The van der Waals surface area contributed by atoms with Crippen LogP contribution in [0.2, 0.25) is 0 Å². The van der Waals surface area contributed by atoms with E-state index in [4.69, 9.17) is 0 Å². The van der Waals surface area contributed by atoms with Crippen LogP contribution >= 0.6 is 36.2 Å². The SMILES string of the molecule is Cc1csc(CCCCNC(=O)C2CC3CCCCC3N2)n1.Cl.Cl. The van der Waals surface area contributed by atoms with Crippen LogP contribution in [0.3, 0.4) is 0 Å². The molecule has 0 aromatic carbocycles. The van der Waals surface area contributed by atoms with Crippen LogP contribution in [0.25, 0.3) is 0 Å². The fourth-order valence-corrected chi connectivity index (χ4v) is 4.59. The molecule has 2 N–H and O–H groups in total. The highest BCUT2D eigenvalue weighted by Gasteiger charge is 2.37. The first-order valence-electron chi connectivity index (χ1n) is 8.67. The summed E-state index contributed by atoms with van der Waals surface area (Å²) in [6.45, 7) is 2.82. The van der Waals surface area contributed by atoms with Gasteiger partial charge >= 0.3 is 0 Å². The van der Waals surface area contributed by atoms with Gasteiger partial charge in [-0.2, -0.15) is 0 Å². The third kappa shape index (κ3) is 5.87. The van der Waals surface area contributed by atoms with Gasteiger partial charge in [-0.05, 0) is 51.4 Å². The first-order valence-corrected chi connectivity index (χ1v) is 9.55. The van der Waals surface area contributed by atoms with E-state index in [0.29, 0.717) is 6.04 Å². The smallest absolute Gasteiger partial charge is 0.237 e. The number of rotatable bonds is 6. The van der Waals surface area contributed by atoms with E-state index in [1.54, 1.807) is 11.3 Å². The second-order valence-corrected chi connectivity index (χ2v) is 7.68. The molecule has 7 heteroatoms. The van der Waals surface area contributed by atoms with Gasteiger partial charge in [0.15, 0.2) is 0 Å². The van der Waals surface area contributed by atoms with Gasteiger partial charge in [0.1, 0.15) is 0 Å². The molecule has 1 saturated carbocycles. The van der Waals surface area contributed by atoms with Gasteiger partial charge in [-0.1, -0.05) is 12.8 Å². The number of carbonyl (C=O) groups is 1. The number of thiazole rings is 1.